The summed E-state index contributed by atoms with van der Waals surface area (Å²) >= 11 is 0. The van der Waals surface area contributed by atoms with Crippen LogP contribution in [-0.2, 0) is 9.53 Å². The molecule has 0 amide bonds. The van der Waals surface area contributed by atoms with E-state index in [0.29, 0.717) is 19.6 Å². The lowest BCUT2D eigenvalue weighted by Crippen LogP contribution is -2.39. The lowest BCUT2D eigenvalue weighted by molar-refractivity contribution is -0.140. The summed E-state index contributed by atoms with van der Waals surface area (Å²) < 4.78 is 10.2. The molecule has 0 fully saturated rings. The number of para-hydroxylation sites is 1. The van der Waals surface area contributed by atoms with Gasteiger partial charge in [0.05, 0.1) is 13.7 Å². The number of ether oxygens (including phenoxy) is 2. The molecule has 1 aromatic carbocycles. The van der Waals surface area contributed by atoms with Crippen LogP contribution >= 0.6 is 0 Å². The van der Waals surface area contributed by atoms with E-state index in [1.165, 1.54) is 7.11 Å². The Kier molecular flexibility index (Phi) is 10.9. The molecule has 6 heteroatoms. The number of hydrogen-bond acceptors (Lipinski definition) is 4. The Hall–Kier alpha value is -2.24. The second-order valence-corrected chi connectivity index (χ2v) is 5.33. The summed E-state index contributed by atoms with van der Waals surface area (Å²) in [6.07, 6.45) is 4.55. The highest BCUT2D eigenvalue weighted by molar-refractivity contribution is 5.79. The molecule has 0 unspecified atom stereocenters. The van der Waals surface area contributed by atoms with Gasteiger partial charge in [-0.3, -0.25) is 9.79 Å². The Balaban J connectivity index is 1.99. The van der Waals surface area contributed by atoms with Crippen molar-refractivity contribution in [2.24, 2.45) is 4.99 Å². The molecule has 0 aliphatic heterocycles. The largest absolute Gasteiger partial charge is 0.492 e. The first-order valence-corrected chi connectivity index (χ1v) is 8.45. The zero-order valence-electron chi connectivity index (χ0n) is 14.7. The molecule has 1 aromatic rings. The molecule has 1 rings (SSSR count). The summed E-state index contributed by atoms with van der Waals surface area (Å²) in [5.74, 6) is 1.52. The number of methoxy groups -OCH3 is 1. The fourth-order valence-electron chi connectivity index (χ4n) is 2.13. The van der Waals surface area contributed by atoms with Gasteiger partial charge >= 0.3 is 5.97 Å². The van der Waals surface area contributed by atoms with Crippen LogP contribution in [0.15, 0.2) is 35.3 Å². The highest BCUT2D eigenvalue weighted by Crippen LogP contribution is 2.07. The van der Waals surface area contributed by atoms with Gasteiger partial charge in [0.15, 0.2) is 5.96 Å². The van der Waals surface area contributed by atoms with Crippen molar-refractivity contribution in [2.45, 2.75) is 32.1 Å². The zero-order valence-corrected chi connectivity index (χ0v) is 14.7. The number of unbranched alkanes of at least 4 members (excludes halogenated alkanes) is 3. The molecule has 134 valence electrons. The van der Waals surface area contributed by atoms with Gasteiger partial charge in [-0.05, 0) is 25.0 Å². The third-order valence-corrected chi connectivity index (χ3v) is 3.46. The highest BCUT2D eigenvalue weighted by Gasteiger charge is 2.00. The normalized spacial score (nSPS) is 11.0. The molecule has 0 radical (unpaired) electrons. The van der Waals surface area contributed by atoms with Crippen molar-refractivity contribution in [3.63, 3.8) is 0 Å². The molecular weight excluding hydrogens is 306 g/mol. The maximum atomic E-state index is 11.0. The van der Waals surface area contributed by atoms with Crippen molar-refractivity contribution >= 4 is 11.9 Å². The summed E-state index contributed by atoms with van der Waals surface area (Å²) in [4.78, 5) is 15.2. The van der Waals surface area contributed by atoms with Crippen LogP contribution in [0.1, 0.15) is 32.1 Å². The van der Waals surface area contributed by atoms with Crippen LogP contribution in [0.3, 0.4) is 0 Å². The number of hydrogen-bond donors (Lipinski definition) is 2. The van der Waals surface area contributed by atoms with Crippen LogP contribution in [0.5, 0.6) is 5.75 Å². The van der Waals surface area contributed by atoms with Gasteiger partial charge in [-0.15, -0.1) is 0 Å². The Labute approximate surface area is 144 Å². The van der Waals surface area contributed by atoms with Gasteiger partial charge in [0.25, 0.3) is 0 Å². The highest BCUT2D eigenvalue weighted by atomic mass is 16.5. The number of nitrogens with one attached hydrogen (secondary N) is 2. The van der Waals surface area contributed by atoms with Gasteiger partial charge in [-0.2, -0.15) is 0 Å². The molecule has 0 atom stereocenters. The molecule has 0 heterocycles. The molecule has 2 N–H and O–H groups in total. The van der Waals surface area contributed by atoms with Crippen LogP contribution in [0.25, 0.3) is 0 Å². The van der Waals surface area contributed by atoms with Gasteiger partial charge in [0, 0.05) is 20.0 Å². The Bertz CT molecular complexity index is 478. The lowest BCUT2D eigenvalue weighted by Gasteiger charge is -2.12. The van der Waals surface area contributed by atoms with Crippen molar-refractivity contribution < 1.29 is 14.3 Å². The van der Waals surface area contributed by atoms with E-state index in [-0.39, 0.29) is 5.97 Å². The topological polar surface area (TPSA) is 72.0 Å². The molecule has 6 nitrogen and oxygen atoms in total. The first kappa shape index (κ1) is 19.8. The van der Waals surface area contributed by atoms with Gasteiger partial charge in [-0.25, -0.2) is 0 Å². The molecule has 0 bridgehead atoms. The van der Waals surface area contributed by atoms with E-state index in [4.69, 9.17) is 4.74 Å². The predicted octanol–water partition coefficient (Wildman–Crippen LogP) is 2.35. The number of nitrogens with zero attached hydrogens (tertiary/aromatic N) is 1. The Morgan fingerprint density at radius 1 is 1.04 bits per heavy atom. The maximum absolute atomic E-state index is 11.0. The van der Waals surface area contributed by atoms with Crippen molar-refractivity contribution in [3.8, 4) is 5.75 Å². The fourth-order valence-corrected chi connectivity index (χ4v) is 2.13. The number of esters is 1. The quantitative estimate of drug-likeness (QED) is 0.281. The number of guanidine groups is 1. The van der Waals surface area contributed by atoms with Crippen LogP contribution in [0.4, 0.5) is 0 Å². The minimum atomic E-state index is -0.129. The number of rotatable bonds is 11. The van der Waals surface area contributed by atoms with Gasteiger partial charge < -0.3 is 20.1 Å². The summed E-state index contributed by atoms with van der Waals surface area (Å²) in [5.41, 5.74) is 0. The average Bonchev–Trinajstić information content (AvgIpc) is 2.63. The van der Waals surface area contributed by atoms with E-state index in [1.54, 1.807) is 7.05 Å². The SMILES string of the molecule is CN=C(NCCCCCCC(=O)OC)NCCOc1ccccc1. The summed E-state index contributed by atoms with van der Waals surface area (Å²) in [7, 11) is 3.18. The third kappa shape index (κ3) is 9.71. The Morgan fingerprint density at radius 2 is 1.75 bits per heavy atom. The van der Waals surface area contributed by atoms with Crippen molar-refractivity contribution in [1.82, 2.24) is 10.6 Å². The molecule has 0 aromatic heterocycles. The van der Waals surface area contributed by atoms with E-state index in [0.717, 1.165) is 43.9 Å². The second kappa shape index (κ2) is 13.2. The summed E-state index contributed by atoms with van der Waals surface area (Å²) in [6.45, 7) is 2.13. The Morgan fingerprint density at radius 3 is 2.46 bits per heavy atom. The van der Waals surface area contributed by atoms with Crippen LogP contribution in [0.2, 0.25) is 0 Å². The minimum Gasteiger partial charge on any atom is -0.492 e. The van der Waals surface area contributed by atoms with Gasteiger partial charge in [-0.1, -0.05) is 31.0 Å². The fraction of sp³-hybridized carbons (Fsp3) is 0.556. The summed E-state index contributed by atoms with van der Waals surface area (Å²) in [6, 6.07) is 9.75. The first-order chi connectivity index (χ1) is 11.8. The third-order valence-electron chi connectivity index (χ3n) is 3.46. The second-order valence-electron chi connectivity index (χ2n) is 5.33. The van der Waals surface area contributed by atoms with Gasteiger partial charge in [0.2, 0.25) is 0 Å². The number of aliphatic imine (C=N–C) groups is 1. The standard InChI is InChI=1S/C18H29N3O3/c1-19-18(20-13-9-4-3-8-12-17(22)23-2)21-14-15-24-16-10-6-5-7-11-16/h5-7,10-11H,3-4,8-9,12-15H2,1-2H3,(H2,19,20,21). The van der Waals surface area contributed by atoms with Crippen molar-refractivity contribution in [2.75, 3.05) is 33.9 Å². The smallest absolute Gasteiger partial charge is 0.305 e. The average molecular weight is 335 g/mol. The van der Waals surface area contributed by atoms with Crippen LogP contribution in [-0.4, -0.2) is 45.8 Å². The molecule has 0 aliphatic carbocycles. The number of benzene rings is 1. The first-order valence-electron chi connectivity index (χ1n) is 8.45. The number of carbonyl (C=O) groups excluding carboxylic acids is 1. The summed E-state index contributed by atoms with van der Waals surface area (Å²) in [5, 5.41) is 6.49. The van der Waals surface area contributed by atoms with Crippen molar-refractivity contribution in [3.05, 3.63) is 30.3 Å². The van der Waals surface area contributed by atoms with E-state index < -0.39 is 0 Å². The molecule has 24 heavy (non-hydrogen) atoms. The maximum Gasteiger partial charge on any atom is 0.305 e. The van der Waals surface area contributed by atoms with E-state index in [9.17, 15) is 4.79 Å². The van der Waals surface area contributed by atoms with Gasteiger partial charge in [0.1, 0.15) is 12.4 Å². The molecule has 0 spiro atoms. The van der Waals surface area contributed by atoms with Crippen LogP contribution in [0, 0.1) is 0 Å². The monoisotopic (exact) mass is 335 g/mol. The molecule has 0 aliphatic rings. The molecule has 0 saturated heterocycles. The molecular formula is C18H29N3O3. The van der Waals surface area contributed by atoms with E-state index in [1.807, 2.05) is 30.3 Å². The van der Waals surface area contributed by atoms with Crippen LogP contribution < -0.4 is 15.4 Å². The number of carbonyl (C=O) groups is 1. The molecule has 0 saturated carbocycles. The predicted molar refractivity (Wildman–Crippen MR) is 96.4 cm³/mol. The zero-order chi connectivity index (χ0) is 17.5. The van der Waals surface area contributed by atoms with E-state index >= 15 is 0 Å². The lowest BCUT2D eigenvalue weighted by atomic mass is 10.1. The minimum absolute atomic E-state index is 0.129. The van der Waals surface area contributed by atoms with Crippen molar-refractivity contribution in [1.29, 1.82) is 0 Å². The van der Waals surface area contributed by atoms with E-state index in [2.05, 4.69) is 20.4 Å².